The van der Waals surface area contributed by atoms with Gasteiger partial charge in [0.25, 0.3) is 0 Å². The van der Waals surface area contributed by atoms with Crippen LogP contribution in [0.2, 0.25) is 0 Å². The Kier molecular flexibility index (Phi) is 2.23. The molecule has 0 spiro atoms. The van der Waals surface area contributed by atoms with Crippen molar-refractivity contribution in [1.29, 1.82) is 0 Å². The molecule has 3 heterocycles. The van der Waals surface area contributed by atoms with E-state index in [1.165, 1.54) is 5.70 Å². The molecule has 1 fully saturated rings. The normalized spacial score (nSPS) is 25.9. The lowest BCUT2D eigenvalue weighted by Crippen LogP contribution is -2.48. The second-order valence-electron chi connectivity index (χ2n) is 3.63. The quantitative estimate of drug-likeness (QED) is 0.725. The van der Waals surface area contributed by atoms with Crippen LogP contribution in [0.25, 0.3) is 0 Å². The van der Waals surface area contributed by atoms with Gasteiger partial charge in [-0.05, 0) is 0 Å². The minimum atomic E-state index is 0.421. The van der Waals surface area contributed by atoms with Crippen molar-refractivity contribution in [3.8, 4) is 0 Å². The Morgan fingerprint density at radius 1 is 1.64 bits per heavy atom. The monoisotopic (exact) mass is 211 g/mol. The fourth-order valence-electron chi connectivity index (χ4n) is 1.67. The van der Waals surface area contributed by atoms with Crippen LogP contribution in [0.3, 0.4) is 0 Å². The topological polar surface area (TPSA) is 36.9 Å². The largest absolute Gasteiger partial charge is 0.369 e. The van der Waals surface area contributed by atoms with Crippen LogP contribution in [0.1, 0.15) is 0 Å². The van der Waals surface area contributed by atoms with E-state index in [1.807, 2.05) is 0 Å². The number of rotatable bonds is 3. The van der Waals surface area contributed by atoms with Gasteiger partial charge in [0.2, 0.25) is 0 Å². The van der Waals surface area contributed by atoms with Gasteiger partial charge in [-0.2, -0.15) is 0 Å². The zero-order valence-electron chi connectivity index (χ0n) is 7.90. The fourth-order valence-corrected chi connectivity index (χ4v) is 2.61. The van der Waals surface area contributed by atoms with E-state index in [2.05, 4.69) is 20.6 Å². The van der Waals surface area contributed by atoms with Gasteiger partial charge in [0.15, 0.2) is 5.17 Å². The van der Waals surface area contributed by atoms with E-state index < -0.39 is 0 Å². The SMILES string of the molecule is C1=C(COC2CNC2)N2CCN=C2S1. The molecule has 0 aromatic carbocycles. The van der Waals surface area contributed by atoms with E-state index in [0.29, 0.717) is 6.10 Å². The molecule has 5 heteroatoms. The summed E-state index contributed by atoms with van der Waals surface area (Å²) in [6.45, 7) is 4.70. The van der Waals surface area contributed by atoms with Crippen LogP contribution in [-0.2, 0) is 4.74 Å². The lowest BCUT2D eigenvalue weighted by Gasteiger charge is -2.28. The highest BCUT2D eigenvalue weighted by atomic mass is 32.2. The number of amidine groups is 1. The molecule has 1 saturated heterocycles. The molecule has 0 unspecified atom stereocenters. The van der Waals surface area contributed by atoms with Gasteiger partial charge in [-0.15, -0.1) is 0 Å². The average Bonchev–Trinajstić information content (AvgIpc) is 2.65. The first kappa shape index (κ1) is 8.76. The van der Waals surface area contributed by atoms with Crippen molar-refractivity contribution < 1.29 is 4.74 Å². The zero-order chi connectivity index (χ0) is 9.38. The molecule has 0 aromatic heterocycles. The predicted molar refractivity (Wildman–Crippen MR) is 57.3 cm³/mol. The molecular weight excluding hydrogens is 198 g/mol. The smallest absolute Gasteiger partial charge is 0.168 e. The summed E-state index contributed by atoms with van der Waals surface area (Å²) in [4.78, 5) is 6.66. The van der Waals surface area contributed by atoms with Crippen molar-refractivity contribution in [3.63, 3.8) is 0 Å². The third-order valence-corrected chi connectivity index (χ3v) is 3.61. The van der Waals surface area contributed by atoms with Crippen LogP contribution in [0.5, 0.6) is 0 Å². The highest BCUT2D eigenvalue weighted by Gasteiger charge is 2.27. The predicted octanol–water partition coefficient (Wildman–Crippen LogP) is 0.235. The third kappa shape index (κ3) is 1.45. The molecule has 4 nitrogen and oxygen atoms in total. The van der Waals surface area contributed by atoms with Crippen molar-refractivity contribution >= 4 is 16.9 Å². The van der Waals surface area contributed by atoms with Gasteiger partial charge in [-0.3, -0.25) is 4.99 Å². The standard InChI is InChI=1S/C9H13N3OS/c1-2-12-7(6-14-9(12)11-1)5-13-8-3-10-4-8/h6,8,10H,1-5H2. The molecule has 0 radical (unpaired) electrons. The average molecular weight is 211 g/mol. The summed E-state index contributed by atoms with van der Waals surface area (Å²) in [6, 6.07) is 0. The lowest BCUT2D eigenvalue weighted by molar-refractivity contribution is 0.0273. The summed E-state index contributed by atoms with van der Waals surface area (Å²) in [5.41, 5.74) is 1.28. The van der Waals surface area contributed by atoms with Gasteiger partial charge in [0, 0.05) is 25.0 Å². The second-order valence-corrected chi connectivity index (χ2v) is 4.47. The molecule has 1 N–H and O–H groups in total. The number of thioether (sulfide) groups is 1. The Morgan fingerprint density at radius 2 is 2.57 bits per heavy atom. The molecule has 0 bridgehead atoms. The molecule has 14 heavy (non-hydrogen) atoms. The highest BCUT2D eigenvalue weighted by molar-refractivity contribution is 8.16. The molecule has 0 atom stereocenters. The number of aliphatic imine (C=N–C) groups is 1. The lowest BCUT2D eigenvalue weighted by atomic mass is 10.2. The van der Waals surface area contributed by atoms with Crippen molar-refractivity contribution in [2.75, 3.05) is 32.8 Å². The Balaban J connectivity index is 1.55. The summed E-state index contributed by atoms with van der Waals surface area (Å²) >= 11 is 1.72. The Labute approximate surface area is 87.4 Å². The Bertz CT molecular complexity index is 298. The van der Waals surface area contributed by atoms with Gasteiger partial charge in [0.1, 0.15) is 0 Å². The Hall–Kier alpha value is -0.520. The number of nitrogens with zero attached hydrogens (tertiary/aromatic N) is 2. The van der Waals surface area contributed by atoms with E-state index in [4.69, 9.17) is 4.74 Å². The number of nitrogens with one attached hydrogen (secondary N) is 1. The maximum absolute atomic E-state index is 5.73. The number of hydrogen-bond donors (Lipinski definition) is 1. The minimum Gasteiger partial charge on any atom is -0.369 e. The van der Waals surface area contributed by atoms with Crippen LogP contribution in [0.15, 0.2) is 16.1 Å². The number of fused-ring (bicyclic) bond motifs is 1. The highest BCUT2D eigenvalue weighted by Crippen LogP contribution is 2.29. The van der Waals surface area contributed by atoms with Gasteiger partial charge >= 0.3 is 0 Å². The summed E-state index contributed by atoms with van der Waals surface area (Å²) in [7, 11) is 0. The third-order valence-electron chi connectivity index (χ3n) is 2.66. The molecule has 3 aliphatic heterocycles. The van der Waals surface area contributed by atoms with E-state index >= 15 is 0 Å². The molecule has 76 valence electrons. The molecule has 0 aromatic rings. The summed E-state index contributed by atoms with van der Waals surface area (Å²) in [5.74, 6) is 0. The van der Waals surface area contributed by atoms with E-state index in [-0.39, 0.29) is 0 Å². The molecule has 0 saturated carbocycles. The van der Waals surface area contributed by atoms with Crippen LogP contribution in [0, 0.1) is 0 Å². The maximum atomic E-state index is 5.73. The fraction of sp³-hybridized carbons (Fsp3) is 0.667. The molecule has 3 rings (SSSR count). The Morgan fingerprint density at radius 3 is 3.36 bits per heavy atom. The van der Waals surface area contributed by atoms with E-state index in [0.717, 1.165) is 38.0 Å². The molecular formula is C9H13N3OS. The van der Waals surface area contributed by atoms with Crippen molar-refractivity contribution in [3.05, 3.63) is 11.1 Å². The zero-order valence-corrected chi connectivity index (χ0v) is 8.72. The maximum Gasteiger partial charge on any atom is 0.168 e. The van der Waals surface area contributed by atoms with Crippen LogP contribution in [0.4, 0.5) is 0 Å². The van der Waals surface area contributed by atoms with Crippen LogP contribution >= 0.6 is 11.8 Å². The number of ether oxygens (including phenoxy) is 1. The molecule has 0 amide bonds. The van der Waals surface area contributed by atoms with Crippen molar-refractivity contribution in [1.82, 2.24) is 10.2 Å². The first-order valence-corrected chi connectivity index (χ1v) is 5.81. The van der Waals surface area contributed by atoms with Crippen molar-refractivity contribution in [2.45, 2.75) is 6.10 Å². The van der Waals surface area contributed by atoms with Gasteiger partial charge < -0.3 is 15.0 Å². The van der Waals surface area contributed by atoms with E-state index in [1.54, 1.807) is 11.8 Å². The number of hydrogen-bond acceptors (Lipinski definition) is 5. The first-order chi connectivity index (χ1) is 6.93. The molecule has 0 aliphatic carbocycles. The molecule has 3 aliphatic rings. The van der Waals surface area contributed by atoms with Gasteiger partial charge in [-0.1, -0.05) is 11.8 Å². The summed E-state index contributed by atoms with van der Waals surface area (Å²) in [5, 5.41) is 6.50. The summed E-state index contributed by atoms with van der Waals surface area (Å²) < 4.78 is 5.73. The van der Waals surface area contributed by atoms with Gasteiger partial charge in [0.05, 0.1) is 25.0 Å². The second kappa shape index (κ2) is 3.56. The first-order valence-electron chi connectivity index (χ1n) is 4.93. The van der Waals surface area contributed by atoms with E-state index in [9.17, 15) is 0 Å². The van der Waals surface area contributed by atoms with Gasteiger partial charge in [-0.25, -0.2) is 0 Å². The van der Waals surface area contributed by atoms with Crippen LogP contribution < -0.4 is 5.32 Å². The summed E-state index contributed by atoms with van der Waals surface area (Å²) in [6.07, 6.45) is 0.421. The minimum absolute atomic E-state index is 0.421. The van der Waals surface area contributed by atoms with Crippen molar-refractivity contribution in [2.24, 2.45) is 4.99 Å². The van der Waals surface area contributed by atoms with Crippen LogP contribution in [-0.4, -0.2) is 49.0 Å².